The van der Waals surface area contributed by atoms with Crippen LogP contribution in [0.2, 0.25) is 0 Å². The molecule has 0 amide bonds. The molecule has 0 aromatic heterocycles. The largest absolute Gasteiger partial charge is 1.00 e. The van der Waals surface area contributed by atoms with Gasteiger partial charge in [0.1, 0.15) is 0 Å². The van der Waals surface area contributed by atoms with E-state index in [-0.39, 0.29) is 206 Å². The molecule has 0 unspecified atom stereocenters. The minimum absolute atomic E-state index is 0. The van der Waals surface area contributed by atoms with Crippen LogP contribution in [0.4, 0.5) is 0 Å². The molecule has 0 bridgehead atoms. The van der Waals surface area contributed by atoms with E-state index in [1.165, 1.54) is 0 Å². The molecule has 12 heteroatoms. The Morgan fingerprint density at radius 1 is 0.786 bits per heavy atom. The fourth-order valence-corrected chi connectivity index (χ4v) is 0. The summed E-state index contributed by atoms with van der Waals surface area (Å²) in [5, 5.41) is 17.9. The van der Waals surface area contributed by atoms with Crippen molar-refractivity contribution in [1.82, 2.24) is 0 Å². The minimum atomic E-state index is -3.63. The van der Waals surface area contributed by atoms with Crippen LogP contribution in [0, 0.1) is 0 Å². The molecule has 0 N–H and O–H groups in total. The fourth-order valence-electron chi connectivity index (χ4n) is 0. The number of carbonyl (C=O) groups excluding carboxylic acids is 2. The molecule has 14 heavy (non-hydrogen) atoms. The molecule has 0 saturated carbocycles. The van der Waals surface area contributed by atoms with Crippen LogP contribution in [0.5, 0.6) is 0 Å². The number of aliphatic carboxylic acids is 2. The first kappa shape index (κ1) is 36.5. The van der Waals surface area contributed by atoms with Crippen molar-refractivity contribution in [2.24, 2.45) is 0 Å². The molecule has 0 saturated heterocycles. The first-order valence-corrected chi connectivity index (χ1v) is 2.90. The summed E-state index contributed by atoms with van der Waals surface area (Å²) in [5.41, 5.74) is 0. The molecule has 0 spiro atoms. The van der Waals surface area contributed by atoms with Gasteiger partial charge in [-0.05, 0) is 0 Å². The second-order valence-electron chi connectivity index (χ2n) is 0.825. The van der Waals surface area contributed by atoms with Crippen molar-refractivity contribution < 1.29 is 239 Å². The van der Waals surface area contributed by atoms with Crippen molar-refractivity contribution in [2.45, 2.75) is 0 Å². The maximum absolute atomic E-state index is 8.93. The maximum Gasteiger partial charge on any atom is 1.00 e. The molecule has 0 radical (unpaired) electrons. The summed E-state index contributed by atoms with van der Waals surface area (Å²) in [6.07, 6.45) is 0. The van der Waals surface area contributed by atoms with E-state index in [1.54, 1.807) is 0 Å². The van der Waals surface area contributed by atoms with Crippen LogP contribution >= 0.6 is 0 Å². The molecule has 0 aliphatic carbocycles. The van der Waals surface area contributed by atoms with E-state index in [1.807, 2.05) is 0 Å². The van der Waals surface area contributed by atoms with Crippen LogP contribution in [-0.4, -0.2) is 21.1 Å². The molecule has 0 heterocycles. The number of rotatable bonds is 0. The molecule has 0 aliphatic rings. The third-order valence-electron chi connectivity index (χ3n) is 0.167. The zero-order valence-electron chi connectivity index (χ0n) is 8.36. The zero-order valence-corrected chi connectivity index (χ0v) is 21.9. The Bertz CT molecular complexity index is 146. The summed E-state index contributed by atoms with van der Waals surface area (Å²) in [6.45, 7) is 0. The van der Waals surface area contributed by atoms with Gasteiger partial charge in [0, 0.05) is 9.17 Å². The van der Waals surface area contributed by atoms with Crippen molar-refractivity contribution in [3.05, 3.63) is 0 Å². The van der Waals surface area contributed by atoms with Crippen LogP contribution < -0.4 is 225 Å². The van der Waals surface area contributed by atoms with Crippen LogP contribution in [0.15, 0.2) is 0 Å². The SMILES string of the molecule is O=C([O-])C(=O)[O-].O=[Si]([O-])[O-].[K+].[K+].[K+].[K+]. The third kappa shape index (κ3) is 53.5. The molecule has 0 aliphatic heterocycles. The zero-order chi connectivity index (χ0) is 8.73. The fraction of sp³-hybridized carbons (Fsp3) is 0. The Morgan fingerprint density at radius 2 is 0.857 bits per heavy atom. The van der Waals surface area contributed by atoms with E-state index in [2.05, 4.69) is 0 Å². The van der Waals surface area contributed by atoms with Gasteiger partial charge in [-0.2, -0.15) is 0 Å². The van der Waals surface area contributed by atoms with E-state index >= 15 is 0 Å². The Hall–Kier alpha value is 5.10. The summed E-state index contributed by atoms with van der Waals surface area (Å²) in [6, 6.07) is 0. The average Bonchev–Trinajstić information content (AvgIpc) is 1.63. The maximum atomic E-state index is 8.93. The number of hydrogen-bond donors (Lipinski definition) is 0. The second kappa shape index (κ2) is 26.6. The summed E-state index contributed by atoms with van der Waals surface area (Å²) in [5.74, 6) is -4.37. The topological polar surface area (TPSA) is 143 Å². The molecule has 0 aromatic carbocycles. The van der Waals surface area contributed by atoms with Gasteiger partial charge in [0.05, 0.1) is 11.9 Å². The van der Waals surface area contributed by atoms with Gasteiger partial charge in [0.2, 0.25) is 0 Å². The van der Waals surface area contributed by atoms with Crippen molar-refractivity contribution in [1.29, 1.82) is 0 Å². The molecular formula is C2K4O7Si. The van der Waals surface area contributed by atoms with Crippen molar-refractivity contribution >= 4 is 21.1 Å². The van der Waals surface area contributed by atoms with Crippen LogP contribution in [0.25, 0.3) is 0 Å². The molecule has 7 nitrogen and oxygen atoms in total. The van der Waals surface area contributed by atoms with Gasteiger partial charge in [0.15, 0.2) is 0 Å². The van der Waals surface area contributed by atoms with E-state index < -0.39 is 21.1 Å². The van der Waals surface area contributed by atoms with Crippen molar-refractivity contribution in [3.63, 3.8) is 0 Å². The van der Waals surface area contributed by atoms with E-state index in [9.17, 15) is 0 Å². The predicted octanol–water partition coefficient (Wildman–Crippen LogP) is -18.4. The third-order valence-corrected chi connectivity index (χ3v) is 0.167. The van der Waals surface area contributed by atoms with Crippen LogP contribution in [0.3, 0.4) is 0 Å². The van der Waals surface area contributed by atoms with E-state index in [0.29, 0.717) is 0 Å². The smallest absolute Gasteiger partial charge is 0.672 e. The number of carboxylic acid groups (broad SMARTS) is 2. The molecule has 0 fully saturated rings. The normalized spacial score (nSPS) is 4.86. The summed E-state index contributed by atoms with van der Waals surface area (Å²) < 4.78 is 8.52. The van der Waals surface area contributed by atoms with Gasteiger partial charge in [-0.15, -0.1) is 0 Å². The summed E-state index contributed by atoms with van der Waals surface area (Å²) in [7, 11) is -3.63. The minimum Gasteiger partial charge on any atom is -0.672 e. The number of carboxylic acids is 2. The van der Waals surface area contributed by atoms with Crippen LogP contribution in [0.1, 0.15) is 0 Å². The van der Waals surface area contributed by atoms with Crippen LogP contribution in [-0.2, 0) is 14.1 Å². The number of carbonyl (C=O) groups is 2. The van der Waals surface area contributed by atoms with E-state index in [4.69, 9.17) is 33.9 Å². The number of hydrogen-bond acceptors (Lipinski definition) is 7. The Kier molecular flexibility index (Phi) is 69.3. The first-order chi connectivity index (χ1) is 4.37. The van der Waals surface area contributed by atoms with Gasteiger partial charge >= 0.3 is 206 Å². The summed E-state index contributed by atoms with van der Waals surface area (Å²) >= 11 is 0. The van der Waals surface area contributed by atoms with E-state index in [0.717, 1.165) is 0 Å². The first-order valence-electron chi connectivity index (χ1n) is 1.68. The summed E-state index contributed by atoms with van der Waals surface area (Å²) in [4.78, 5) is 34.9. The average molecular weight is 320 g/mol. The van der Waals surface area contributed by atoms with Gasteiger partial charge in [-0.3, -0.25) is 0 Å². The van der Waals surface area contributed by atoms with Crippen molar-refractivity contribution in [2.75, 3.05) is 0 Å². The van der Waals surface area contributed by atoms with Gasteiger partial charge in [-0.25, -0.2) is 0 Å². The molecule has 0 rings (SSSR count). The molecule has 0 atom stereocenters. The molecule has 58 valence electrons. The molecule has 0 aromatic rings. The van der Waals surface area contributed by atoms with Gasteiger partial charge in [-0.1, -0.05) is 0 Å². The molecular weight excluding hydrogens is 320 g/mol. The monoisotopic (exact) mass is 320 g/mol. The van der Waals surface area contributed by atoms with Gasteiger partial charge in [0.25, 0.3) is 0 Å². The Balaban J connectivity index is -0.0000000185. The standard InChI is InChI=1S/C2H2O4.4K.O3Si/c3-1(4)2(5)6;;;;;1-4(2)3/h(H,3,4)(H,5,6);;;;;/q;4*+1;-2/p-2. The Morgan fingerprint density at radius 3 is 0.857 bits per heavy atom. The Labute approximate surface area is 252 Å². The van der Waals surface area contributed by atoms with Crippen molar-refractivity contribution in [3.8, 4) is 0 Å². The predicted molar refractivity (Wildman–Crippen MR) is 16.5 cm³/mol. The van der Waals surface area contributed by atoms with Gasteiger partial charge < -0.3 is 33.9 Å². The second-order valence-corrected chi connectivity index (χ2v) is 1.32. The quantitative estimate of drug-likeness (QED) is 0.318.